The average molecular weight is 256 g/mol. The fourth-order valence-corrected chi connectivity index (χ4v) is 1.50. The van der Waals surface area contributed by atoms with Gasteiger partial charge in [-0.25, -0.2) is 0 Å². The topological polar surface area (TPSA) is 98.3 Å². The second-order valence-electron chi connectivity index (χ2n) is 4.03. The largest absolute Gasteiger partial charge is 0.323 e. The van der Waals surface area contributed by atoms with Crippen LogP contribution in [0.5, 0.6) is 0 Å². The number of nitrogens with one attached hydrogen (secondary N) is 1. The van der Waals surface area contributed by atoms with E-state index in [-0.39, 0.29) is 22.3 Å². The molecule has 6 nitrogen and oxygen atoms in total. The van der Waals surface area contributed by atoms with Crippen molar-refractivity contribution in [3.63, 3.8) is 0 Å². The Bertz CT molecular complexity index is 500. The summed E-state index contributed by atoms with van der Waals surface area (Å²) in [5.41, 5.74) is 4.94. The molecule has 1 saturated carbocycles. The van der Waals surface area contributed by atoms with E-state index in [2.05, 4.69) is 5.32 Å². The summed E-state index contributed by atoms with van der Waals surface area (Å²) in [5.74, 6) is -0.361. The van der Waals surface area contributed by atoms with E-state index < -0.39 is 10.5 Å². The number of benzene rings is 1. The summed E-state index contributed by atoms with van der Waals surface area (Å²) in [6.45, 7) is 0. The number of nitro groups is 1. The number of non-ortho nitro benzene ring substituents is 1. The summed E-state index contributed by atoms with van der Waals surface area (Å²) in [7, 11) is 0. The van der Waals surface area contributed by atoms with Crippen LogP contribution in [0.1, 0.15) is 12.8 Å². The molecule has 17 heavy (non-hydrogen) atoms. The second-order valence-corrected chi connectivity index (χ2v) is 4.44. The Morgan fingerprint density at radius 2 is 2.18 bits per heavy atom. The minimum absolute atomic E-state index is 0.133. The molecule has 0 spiro atoms. The Labute approximate surface area is 102 Å². The van der Waals surface area contributed by atoms with Gasteiger partial charge < -0.3 is 11.1 Å². The van der Waals surface area contributed by atoms with E-state index in [1.54, 1.807) is 0 Å². The van der Waals surface area contributed by atoms with E-state index in [4.69, 9.17) is 17.3 Å². The maximum absolute atomic E-state index is 11.7. The summed E-state index contributed by atoms with van der Waals surface area (Å²) >= 11 is 5.84. The number of nitrogens with zero attached hydrogens (tertiary/aromatic N) is 1. The molecule has 1 aromatic rings. The number of nitrogens with two attached hydrogens (primary N) is 1. The monoisotopic (exact) mass is 255 g/mol. The third-order valence-electron chi connectivity index (χ3n) is 2.65. The first-order valence-electron chi connectivity index (χ1n) is 4.97. The van der Waals surface area contributed by atoms with Crippen molar-refractivity contribution in [1.82, 2.24) is 0 Å². The fraction of sp³-hybridized carbons (Fsp3) is 0.300. The van der Waals surface area contributed by atoms with Gasteiger partial charge in [-0.3, -0.25) is 14.9 Å². The van der Waals surface area contributed by atoms with Gasteiger partial charge in [0.1, 0.15) is 0 Å². The van der Waals surface area contributed by atoms with Gasteiger partial charge in [-0.2, -0.15) is 0 Å². The zero-order chi connectivity index (χ0) is 12.6. The summed E-state index contributed by atoms with van der Waals surface area (Å²) in [6.07, 6.45) is 1.23. The van der Waals surface area contributed by atoms with Gasteiger partial charge in [0.15, 0.2) is 0 Å². The normalized spacial score (nSPS) is 16.4. The van der Waals surface area contributed by atoms with Gasteiger partial charge in [0, 0.05) is 12.1 Å². The summed E-state index contributed by atoms with van der Waals surface area (Å²) < 4.78 is 0. The van der Waals surface area contributed by atoms with Crippen molar-refractivity contribution >= 4 is 28.9 Å². The third-order valence-corrected chi connectivity index (χ3v) is 2.98. The number of carbonyl (C=O) groups is 1. The Balaban J connectivity index is 2.22. The first-order valence-corrected chi connectivity index (χ1v) is 5.34. The molecule has 0 atom stereocenters. The number of hydrogen-bond acceptors (Lipinski definition) is 4. The van der Waals surface area contributed by atoms with Crippen LogP contribution in [0.4, 0.5) is 11.4 Å². The number of hydrogen-bond donors (Lipinski definition) is 2. The molecule has 0 aliphatic heterocycles. The van der Waals surface area contributed by atoms with Gasteiger partial charge in [-0.05, 0) is 18.9 Å². The number of nitro benzene ring substituents is 1. The lowest BCUT2D eigenvalue weighted by molar-refractivity contribution is -0.384. The molecule has 1 aliphatic carbocycles. The Morgan fingerprint density at radius 3 is 2.71 bits per heavy atom. The van der Waals surface area contributed by atoms with Crippen LogP contribution in [0.25, 0.3) is 0 Å². The highest BCUT2D eigenvalue weighted by Crippen LogP contribution is 2.35. The first-order chi connectivity index (χ1) is 7.92. The minimum Gasteiger partial charge on any atom is -0.323 e. The van der Waals surface area contributed by atoms with Crippen LogP contribution in [-0.2, 0) is 4.79 Å². The van der Waals surface area contributed by atoms with Gasteiger partial charge in [0.05, 0.1) is 21.2 Å². The quantitative estimate of drug-likeness (QED) is 0.634. The Kier molecular flexibility index (Phi) is 2.76. The highest BCUT2D eigenvalue weighted by Gasteiger charge is 2.46. The highest BCUT2D eigenvalue weighted by atomic mass is 35.5. The smallest absolute Gasteiger partial charge is 0.271 e. The van der Waals surface area contributed by atoms with Crippen molar-refractivity contribution in [3.8, 4) is 0 Å². The molecule has 3 N–H and O–H groups in total. The number of anilines is 1. The average Bonchev–Trinajstić information content (AvgIpc) is 3.00. The molecule has 7 heteroatoms. The van der Waals surface area contributed by atoms with Crippen molar-refractivity contribution in [2.75, 3.05) is 5.32 Å². The van der Waals surface area contributed by atoms with Crippen LogP contribution in [-0.4, -0.2) is 16.4 Å². The summed E-state index contributed by atoms with van der Waals surface area (Å²) in [6, 6.07) is 3.85. The molecule has 0 saturated heterocycles. The van der Waals surface area contributed by atoms with Gasteiger partial charge in [0.2, 0.25) is 5.91 Å². The van der Waals surface area contributed by atoms with Crippen LogP contribution in [0.3, 0.4) is 0 Å². The molecular formula is C10H10ClN3O3. The molecule has 1 amide bonds. The van der Waals surface area contributed by atoms with E-state index in [1.807, 2.05) is 0 Å². The molecule has 2 rings (SSSR count). The van der Waals surface area contributed by atoms with E-state index >= 15 is 0 Å². The van der Waals surface area contributed by atoms with Gasteiger partial charge in [0.25, 0.3) is 5.69 Å². The fourth-order valence-electron chi connectivity index (χ4n) is 1.33. The molecule has 1 fully saturated rings. The third kappa shape index (κ3) is 2.37. The Hall–Kier alpha value is -1.66. The van der Waals surface area contributed by atoms with Crippen LogP contribution in [0.15, 0.2) is 18.2 Å². The van der Waals surface area contributed by atoms with Crippen molar-refractivity contribution in [3.05, 3.63) is 33.3 Å². The number of amides is 1. The molecule has 0 bridgehead atoms. The molecule has 0 aromatic heterocycles. The molecule has 1 aromatic carbocycles. The van der Waals surface area contributed by atoms with Crippen molar-refractivity contribution in [2.45, 2.75) is 18.4 Å². The predicted molar refractivity (Wildman–Crippen MR) is 62.9 cm³/mol. The zero-order valence-corrected chi connectivity index (χ0v) is 9.53. The number of rotatable bonds is 3. The summed E-state index contributed by atoms with van der Waals surface area (Å²) in [5, 5.41) is 13.3. The van der Waals surface area contributed by atoms with Gasteiger partial charge >= 0.3 is 0 Å². The Morgan fingerprint density at radius 1 is 1.53 bits per heavy atom. The van der Waals surface area contributed by atoms with Crippen molar-refractivity contribution < 1.29 is 9.72 Å². The molecule has 90 valence electrons. The second kappa shape index (κ2) is 3.97. The van der Waals surface area contributed by atoms with Crippen LogP contribution < -0.4 is 11.1 Å². The lowest BCUT2D eigenvalue weighted by atomic mass is 10.2. The van der Waals surface area contributed by atoms with E-state index in [1.165, 1.54) is 18.2 Å². The molecular weight excluding hydrogens is 246 g/mol. The lowest BCUT2D eigenvalue weighted by Crippen LogP contribution is -2.37. The highest BCUT2D eigenvalue weighted by molar-refractivity contribution is 6.33. The predicted octanol–water partition coefficient (Wildman–Crippen LogP) is 1.68. The van der Waals surface area contributed by atoms with Crippen molar-refractivity contribution in [2.24, 2.45) is 5.73 Å². The SMILES string of the molecule is NC1(C(=O)Nc2cc([N+](=O)[O-])ccc2Cl)CC1. The number of halogens is 1. The van der Waals surface area contributed by atoms with E-state index in [0.717, 1.165) is 0 Å². The van der Waals surface area contributed by atoms with Gasteiger partial charge in [-0.15, -0.1) is 0 Å². The maximum Gasteiger partial charge on any atom is 0.271 e. The molecule has 0 radical (unpaired) electrons. The van der Waals surface area contributed by atoms with E-state index in [9.17, 15) is 14.9 Å². The first kappa shape index (κ1) is 11.8. The molecule has 0 unspecified atom stereocenters. The molecule has 0 heterocycles. The lowest BCUT2D eigenvalue weighted by Gasteiger charge is -2.10. The number of carbonyl (C=O) groups excluding carboxylic acids is 1. The van der Waals surface area contributed by atoms with E-state index in [0.29, 0.717) is 12.8 Å². The zero-order valence-electron chi connectivity index (χ0n) is 8.77. The van der Waals surface area contributed by atoms with Crippen LogP contribution in [0.2, 0.25) is 5.02 Å². The standard InChI is InChI=1S/C10H10ClN3O3/c11-7-2-1-6(14(16)17)5-8(7)13-9(15)10(12)3-4-10/h1-2,5H,3-4,12H2,(H,13,15). The minimum atomic E-state index is -0.839. The van der Waals surface area contributed by atoms with Gasteiger partial charge in [-0.1, -0.05) is 11.6 Å². The summed E-state index contributed by atoms with van der Waals surface area (Å²) in [4.78, 5) is 21.7. The van der Waals surface area contributed by atoms with Crippen LogP contribution in [0, 0.1) is 10.1 Å². The van der Waals surface area contributed by atoms with Crippen molar-refractivity contribution in [1.29, 1.82) is 0 Å². The molecule has 1 aliphatic rings. The maximum atomic E-state index is 11.7. The van der Waals surface area contributed by atoms with Crippen LogP contribution >= 0.6 is 11.6 Å².